The summed E-state index contributed by atoms with van der Waals surface area (Å²) in [6, 6.07) is 5.19. The molecular formula is C24H29F6N5O4. The number of amides is 1. The molecule has 1 heterocycles. The van der Waals surface area contributed by atoms with E-state index in [9.17, 15) is 31.1 Å². The molecule has 1 aromatic heterocycles. The highest BCUT2D eigenvalue weighted by molar-refractivity contribution is 5.94. The maximum Gasteiger partial charge on any atom is 0.573 e. The molecule has 0 bridgehead atoms. The molecule has 1 amide bonds. The molecular weight excluding hydrogens is 536 g/mol. The minimum atomic E-state index is -5.08. The van der Waals surface area contributed by atoms with Gasteiger partial charge in [0.25, 0.3) is 5.91 Å². The summed E-state index contributed by atoms with van der Waals surface area (Å²) in [4.78, 5) is 32.1. The molecule has 0 radical (unpaired) electrons. The van der Waals surface area contributed by atoms with Crippen molar-refractivity contribution < 1.29 is 45.8 Å². The lowest BCUT2D eigenvalue weighted by Crippen LogP contribution is -2.34. The Morgan fingerprint density at radius 2 is 1.62 bits per heavy atom. The third-order valence-electron chi connectivity index (χ3n) is 5.69. The molecule has 0 aliphatic heterocycles. The number of aromatic nitrogens is 2. The van der Waals surface area contributed by atoms with Gasteiger partial charge in [0.05, 0.1) is 0 Å². The minimum Gasteiger partial charge on any atom is -0.475 e. The fourth-order valence-corrected chi connectivity index (χ4v) is 3.80. The lowest BCUT2D eigenvalue weighted by Gasteiger charge is -2.29. The van der Waals surface area contributed by atoms with Gasteiger partial charge in [-0.25, -0.2) is 9.78 Å². The molecule has 0 spiro atoms. The van der Waals surface area contributed by atoms with Crippen LogP contribution in [-0.2, 0) is 4.79 Å². The van der Waals surface area contributed by atoms with Crippen molar-refractivity contribution >= 4 is 23.6 Å². The van der Waals surface area contributed by atoms with Crippen LogP contribution in [0.15, 0.2) is 30.5 Å². The fourth-order valence-electron chi connectivity index (χ4n) is 3.80. The number of carbonyl (C=O) groups excluding carboxylic acids is 1. The van der Waals surface area contributed by atoms with Crippen molar-refractivity contribution in [1.29, 1.82) is 0 Å². The van der Waals surface area contributed by atoms with E-state index in [0.717, 1.165) is 49.2 Å². The number of benzene rings is 1. The maximum atomic E-state index is 12.3. The molecule has 3 N–H and O–H groups in total. The van der Waals surface area contributed by atoms with Crippen molar-refractivity contribution in [3.05, 3.63) is 41.6 Å². The van der Waals surface area contributed by atoms with E-state index in [1.54, 1.807) is 0 Å². The van der Waals surface area contributed by atoms with E-state index in [-0.39, 0.29) is 17.7 Å². The van der Waals surface area contributed by atoms with Crippen LogP contribution in [-0.4, -0.2) is 66.2 Å². The van der Waals surface area contributed by atoms with Crippen LogP contribution >= 0.6 is 0 Å². The number of anilines is 2. The number of alkyl halides is 6. The number of carboxylic acid groups (broad SMARTS) is 1. The number of nitrogens with zero attached hydrogens (tertiary/aromatic N) is 3. The second-order valence-corrected chi connectivity index (χ2v) is 9.04. The van der Waals surface area contributed by atoms with Gasteiger partial charge in [-0.3, -0.25) is 4.79 Å². The molecule has 15 heteroatoms. The van der Waals surface area contributed by atoms with Gasteiger partial charge < -0.3 is 25.4 Å². The molecule has 3 rings (SSSR count). The number of hydrogen-bond acceptors (Lipinski definition) is 7. The Hall–Kier alpha value is -3.78. The smallest absolute Gasteiger partial charge is 0.475 e. The Bertz CT molecular complexity index is 1100. The monoisotopic (exact) mass is 565 g/mol. The second-order valence-electron chi connectivity index (χ2n) is 9.04. The van der Waals surface area contributed by atoms with Gasteiger partial charge in [0.2, 0.25) is 5.95 Å². The quantitative estimate of drug-likeness (QED) is 0.411. The third-order valence-corrected chi connectivity index (χ3v) is 5.69. The molecule has 0 atom stereocenters. The largest absolute Gasteiger partial charge is 0.573 e. The summed E-state index contributed by atoms with van der Waals surface area (Å²) in [5.74, 6) is -1.57. The van der Waals surface area contributed by atoms with Crippen LogP contribution in [0.4, 0.5) is 38.1 Å². The Morgan fingerprint density at radius 3 is 2.10 bits per heavy atom. The van der Waals surface area contributed by atoms with Crippen molar-refractivity contribution in [2.24, 2.45) is 5.92 Å². The predicted molar refractivity (Wildman–Crippen MR) is 130 cm³/mol. The van der Waals surface area contributed by atoms with Crippen molar-refractivity contribution in [2.45, 2.75) is 51.2 Å². The molecule has 1 saturated carbocycles. The van der Waals surface area contributed by atoms with Crippen LogP contribution in [0.2, 0.25) is 0 Å². The lowest BCUT2D eigenvalue weighted by molar-refractivity contribution is -0.274. The van der Waals surface area contributed by atoms with Gasteiger partial charge >= 0.3 is 18.5 Å². The highest BCUT2D eigenvalue weighted by Crippen LogP contribution is 2.27. The molecule has 1 fully saturated rings. The Kier molecular flexibility index (Phi) is 10.7. The molecule has 9 nitrogen and oxygen atoms in total. The summed E-state index contributed by atoms with van der Waals surface area (Å²) >= 11 is 0. The number of ether oxygens (including phenoxy) is 1. The predicted octanol–water partition coefficient (Wildman–Crippen LogP) is 4.78. The van der Waals surface area contributed by atoms with E-state index in [1.807, 2.05) is 32.1 Å². The van der Waals surface area contributed by atoms with E-state index in [1.165, 1.54) is 12.1 Å². The first-order valence-electron chi connectivity index (χ1n) is 11.8. The fraction of sp³-hybridized carbons (Fsp3) is 0.500. The third kappa shape index (κ3) is 10.9. The minimum absolute atomic E-state index is 0.279. The van der Waals surface area contributed by atoms with Crippen molar-refractivity contribution in [1.82, 2.24) is 15.3 Å². The number of hydrogen-bond donors (Lipinski definition) is 3. The zero-order chi connectivity index (χ0) is 29.4. The number of aryl methyl sites for hydroxylation is 1. The van der Waals surface area contributed by atoms with Gasteiger partial charge in [-0.2, -0.15) is 18.2 Å². The van der Waals surface area contributed by atoms with Crippen LogP contribution in [0.3, 0.4) is 0 Å². The Morgan fingerprint density at radius 1 is 1.05 bits per heavy atom. The normalized spacial score (nSPS) is 17.4. The summed E-state index contributed by atoms with van der Waals surface area (Å²) in [5, 5.41) is 13.4. The Labute approximate surface area is 220 Å². The molecule has 216 valence electrons. The highest BCUT2D eigenvalue weighted by atomic mass is 19.4. The summed E-state index contributed by atoms with van der Waals surface area (Å²) in [7, 11) is 3.90. The lowest BCUT2D eigenvalue weighted by atomic mass is 9.86. The number of carboxylic acids is 1. The number of nitrogens with one attached hydrogen (secondary N) is 2. The Balaban J connectivity index is 0.000000673. The van der Waals surface area contributed by atoms with Crippen LogP contribution in [0.1, 0.15) is 41.6 Å². The zero-order valence-electron chi connectivity index (χ0n) is 21.4. The van der Waals surface area contributed by atoms with Gasteiger partial charge in [0, 0.05) is 44.0 Å². The van der Waals surface area contributed by atoms with Crippen LogP contribution in [0, 0.1) is 12.8 Å². The maximum absolute atomic E-state index is 12.3. The zero-order valence-corrected chi connectivity index (χ0v) is 21.4. The standard InChI is InChI=1S/C22H28F3N5O2.C2HF3O2/c1-14-12-27-21(29-19(14)30(2)3)28-17-8-4-15(5-9-17)13-26-20(31)16-6-10-18(11-7-16)32-22(23,24)25;3-2(4,5)1(6)7/h6-7,10-12,15,17H,4-5,8-9,13H2,1-3H3,(H,26,31)(H,27,28,29);(H,6,7). The van der Waals surface area contributed by atoms with Crippen LogP contribution < -0.4 is 20.3 Å². The number of carbonyl (C=O) groups is 2. The van der Waals surface area contributed by atoms with Gasteiger partial charge in [-0.05, 0) is 62.8 Å². The molecule has 2 aromatic rings. The molecule has 1 aromatic carbocycles. The first kappa shape index (κ1) is 31.4. The second kappa shape index (κ2) is 13.3. The van der Waals surface area contributed by atoms with Gasteiger partial charge in [-0.15, -0.1) is 13.2 Å². The molecule has 0 saturated heterocycles. The first-order valence-corrected chi connectivity index (χ1v) is 11.8. The molecule has 39 heavy (non-hydrogen) atoms. The van der Waals surface area contributed by atoms with Gasteiger partial charge in [0.1, 0.15) is 11.6 Å². The first-order chi connectivity index (χ1) is 18.0. The van der Waals surface area contributed by atoms with Crippen molar-refractivity contribution in [3.8, 4) is 5.75 Å². The van der Waals surface area contributed by atoms with Crippen molar-refractivity contribution in [3.63, 3.8) is 0 Å². The van der Waals surface area contributed by atoms with Crippen LogP contribution in [0.5, 0.6) is 5.75 Å². The van der Waals surface area contributed by atoms with E-state index in [0.29, 0.717) is 24.0 Å². The van der Waals surface area contributed by atoms with E-state index < -0.39 is 18.5 Å². The van der Waals surface area contributed by atoms with E-state index in [4.69, 9.17) is 9.90 Å². The average molecular weight is 566 g/mol. The van der Waals surface area contributed by atoms with E-state index >= 15 is 0 Å². The number of halogens is 6. The summed E-state index contributed by atoms with van der Waals surface area (Å²) in [6.07, 6.45) is -4.24. The SMILES string of the molecule is Cc1cnc(NC2CCC(CNC(=O)c3ccc(OC(F)(F)F)cc3)CC2)nc1N(C)C.O=C(O)C(F)(F)F. The van der Waals surface area contributed by atoms with E-state index in [2.05, 4.69) is 25.3 Å². The number of rotatable bonds is 7. The summed E-state index contributed by atoms with van der Waals surface area (Å²) in [5.41, 5.74) is 1.31. The molecule has 1 aliphatic carbocycles. The van der Waals surface area contributed by atoms with Gasteiger partial charge in [-0.1, -0.05) is 0 Å². The summed E-state index contributed by atoms with van der Waals surface area (Å²) in [6.45, 7) is 2.50. The molecule has 1 aliphatic rings. The number of aliphatic carboxylic acids is 1. The summed E-state index contributed by atoms with van der Waals surface area (Å²) < 4.78 is 72.2. The average Bonchev–Trinajstić information content (AvgIpc) is 2.83. The van der Waals surface area contributed by atoms with Crippen LogP contribution in [0.25, 0.3) is 0 Å². The van der Waals surface area contributed by atoms with Gasteiger partial charge in [0.15, 0.2) is 0 Å². The molecule has 0 unspecified atom stereocenters. The topological polar surface area (TPSA) is 117 Å². The highest BCUT2D eigenvalue weighted by Gasteiger charge is 2.38. The van der Waals surface area contributed by atoms with Crippen molar-refractivity contribution in [2.75, 3.05) is 30.9 Å².